The van der Waals surface area contributed by atoms with Crippen LogP contribution in [0.4, 0.5) is 4.39 Å². The van der Waals surface area contributed by atoms with E-state index in [0.717, 1.165) is 25.6 Å². The molecule has 0 unspecified atom stereocenters. The summed E-state index contributed by atoms with van der Waals surface area (Å²) < 4.78 is 24.1. The van der Waals surface area contributed by atoms with E-state index in [1.54, 1.807) is 29.2 Å². The van der Waals surface area contributed by atoms with Crippen LogP contribution < -0.4 is 4.74 Å². The standard InChI is InChI=1S/C19H22FN3O3/c1-3-23(12-15-8-5-9-26-15)19(24)14-7-4-6-13(10-14)17-21-11-16(20)18(22-17)25-2/h4,6-7,10-11,15H,3,5,8-9,12H2,1-2H3/t15-/m1/s1. The summed E-state index contributed by atoms with van der Waals surface area (Å²) in [6.07, 6.45) is 3.18. The van der Waals surface area contributed by atoms with Crippen LogP contribution in [0.2, 0.25) is 0 Å². The van der Waals surface area contributed by atoms with Gasteiger partial charge < -0.3 is 14.4 Å². The van der Waals surface area contributed by atoms with Crippen LogP contribution in [0.15, 0.2) is 30.5 Å². The maximum absolute atomic E-state index is 13.5. The highest BCUT2D eigenvalue weighted by molar-refractivity contribution is 5.95. The molecule has 1 saturated heterocycles. The smallest absolute Gasteiger partial charge is 0.253 e. The Labute approximate surface area is 152 Å². The number of halogens is 1. The first-order valence-electron chi connectivity index (χ1n) is 8.70. The Balaban J connectivity index is 1.82. The fraction of sp³-hybridized carbons (Fsp3) is 0.421. The molecule has 0 saturated carbocycles. The number of hydrogen-bond acceptors (Lipinski definition) is 5. The van der Waals surface area contributed by atoms with E-state index >= 15 is 0 Å². The third-order valence-electron chi connectivity index (χ3n) is 4.39. The number of likely N-dealkylation sites (N-methyl/N-ethyl adjacent to an activating group) is 1. The molecule has 0 radical (unpaired) electrons. The number of aromatic nitrogens is 2. The van der Waals surface area contributed by atoms with E-state index in [9.17, 15) is 9.18 Å². The van der Waals surface area contributed by atoms with Gasteiger partial charge in [-0.2, -0.15) is 9.37 Å². The molecular weight excluding hydrogens is 337 g/mol. The lowest BCUT2D eigenvalue weighted by molar-refractivity contribution is 0.0539. The number of carbonyl (C=O) groups is 1. The number of hydrogen-bond donors (Lipinski definition) is 0. The molecule has 0 N–H and O–H groups in total. The summed E-state index contributed by atoms with van der Waals surface area (Å²) >= 11 is 0. The Morgan fingerprint density at radius 2 is 2.31 bits per heavy atom. The summed E-state index contributed by atoms with van der Waals surface area (Å²) in [5, 5.41) is 0. The van der Waals surface area contributed by atoms with Gasteiger partial charge in [-0.05, 0) is 31.9 Å². The SMILES string of the molecule is CCN(C[C@H]1CCCO1)C(=O)c1cccc(-c2ncc(F)c(OC)n2)c1. The maximum atomic E-state index is 13.5. The minimum absolute atomic E-state index is 0.0704. The van der Waals surface area contributed by atoms with Crippen molar-refractivity contribution in [1.29, 1.82) is 0 Å². The Bertz CT molecular complexity index is 778. The number of ether oxygens (including phenoxy) is 2. The van der Waals surface area contributed by atoms with Crippen LogP contribution in [0.25, 0.3) is 11.4 Å². The van der Waals surface area contributed by atoms with Crippen molar-refractivity contribution in [2.24, 2.45) is 0 Å². The Morgan fingerprint density at radius 1 is 1.46 bits per heavy atom. The van der Waals surface area contributed by atoms with Crippen molar-refractivity contribution in [3.05, 3.63) is 41.8 Å². The number of amides is 1. The summed E-state index contributed by atoms with van der Waals surface area (Å²) in [6, 6.07) is 7.01. The van der Waals surface area contributed by atoms with Crippen LogP contribution in [-0.4, -0.2) is 53.7 Å². The molecule has 1 aliphatic rings. The van der Waals surface area contributed by atoms with Crippen molar-refractivity contribution in [2.75, 3.05) is 26.8 Å². The minimum atomic E-state index is -0.628. The van der Waals surface area contributed by atoms with E-state index in [-0.39, 0.29) is 17.9 Å². The van der Waals surface area contributed by atoms with E-state index in [1.807, 2.05) is 6.92 Å². The Morgan fingerprint density at radius 3 is 3.00 bits per heavy atom. The fourth-order valence-electron chi connectivity index (χ4n) is 3.00. The molecule has 0 bridgehead atoms. The van der Waals surface area contributed by atoms with Crippen molar-refractivity contribution in [3.63, 3.8) is 0 Å². The zero-order chi connectivity index (χ0) is 18.5. The van der Waals surface area contributed by atoms with Gasteiger partial charge in [-0.1, -0.05) is 12.1 Å². The van der Waals surface area contributed by atoms with Crippen molar-refractivity contribution in [1.82, 2.24) is 14.9 Å². The van der Waals surface area contributed by atoms with Crippen LogP contribution in [0.5, 0.6) is 5.88 Å². The Kier molecular flexibility index (Phi) is 5.78. The molecule has 26 heavy (non-hydrogen) atoms. The van der Waals surface area contributed by atoms with Crippen molar-refractivity contribution < 1.29 is 18.7 Å². The average molecular weight is 359 g/mol. The molecule has 1 aliphatic heterocycles. The van der Waals surface area contributed by atoms with Gasteiger partial charge in [0, 0.05) is 30.8 Å². The quantitative estimate of drug-likeness (QED) is 0.793. The lowest BCUT2D eigenvalue weighted by atomic mass is 10.1. The first-order chi connectivity index (χ1) is 12.6. The maximum Gasteiger partial charge on any atom is 0.253 e. The van der Waals surface area contributed by atoms with Gasteiger partial charge in [0.15, 0.2) is 5.82 Å². The van der Waals surface area contributed by atoms with Crippen LogP contribution in [0.3, 0.4) is 0 Å². The van der Waals surface area contributed by atoms with E-state index in [1.165, 1.54) is 7.11 Å². The summed E-state index contributed by atoms with van der Waals surface area (Å²) in [5.74, 6) is -0.517. The van der Waals surface area contributed by atoms with Crippen LogP contribution in [0.1, 0.15) is 30.1 Å². The zero-order valence-electron chi connectivity index (χ0n) is 14.9. The second-order valence-corrected chi connectivity index (χ2v) is 6.11. The molecule has 1 atom stereocenters. The first kappa shape index (κ1) is 18.3. The molecular formula is C19H22FN3O3. The van der Waals surface area contributed by atoms with E-state index < -0.39 is 5.82 Å². The summed E-state index contributed by atoms with van der Waals surface area (Å²) in [7, 11) is 1.35. The third-order valence-corrected chi connectivity index (χ3v) is 4.39. The molecule has 138 valence electrons. The van der Waals surface area contributed by atoms with Crippen LogP contribution in [-0.2, 0) is 4.74 Å². The van der Waals surface area contributed by atoms with Crippen molar-refractivity contribution in [3.8, 4) is 17.3 Å². The molecule has 3 rings (SSSR count). The highest BCUT2D eigenvalue weighted by Gasteiger charge is 2.22. The van der Waals surface area contributed by atoms with Crippen LogP contribution in [0, 0.1) is 5.82 Å². The number of carbonyl (C=O) groups excluding carboxylic acids is 1. The molecule has 1 aromatic heterocycles. The van der Waals surface area contributed by atoms with Gasteiger partial charge in [-0.25, -0.2) is 4.98 Å². The predicted octanol–water partition coefficient (Wildman–Crippen LogP) is 2.93. The van der Waals surface area contributed by atoms with E-state index in [0.29, 0.717) is 30.0 Å². The number of rotatable bonds is 6. The van der Waals surface area contributed by atoms with Gasteiger partial charge in [0.2, 0.25) is 5.82 Å². The largest absolute Gasteiger partial charge is 0.479 e. The zero-order valence-corrected chi connectivity index (χ0v) is 14.9. The molecule has 1 fully saturated rings. The van der Waals surface area contributed by atoms with Gasteiger partial charge in [0.05, 0.1) is 19.4 Å². The molecule has 1 amide bonds. The molecule has 7 heteroatoms. The highest BCUT2D eigenvalue weighted by atomic mass is 19.1. The molecule has 2 heterocycles. The van der Waals surface area contributed by atoms with Gasteiger partial charge in [-0.15, -0.1) is 0 Å². The number of methoxy groups -OCH3 is 1. The van der Waals surface area contributed by atoms with E-state index in [2.05, 4.69) is 9.97 Å². The second-order valence-electron chi connectivity index (χ2n) is 6.11. The van der Waals surface area contributed by atoms with Gasteiger partial charge in [0.25, 0.3) is 11.8 Å². The predicted molar refractivity (Wildman–Crippen MR) is 94.5 cm³/mol. The van der Waals surface area contributed by atoms with Gasteiger partial charge in [-0.3, -0.25) is 4.79 Å². The average Bonchev–Trinajstić information content (AvgIpc) is 3.19. The van der Waals surface area contributed by atoms with Crippen molar-refractivity contribution >= 4 is 5.91 Å². The lowest BCUT2D eigenvalue weighted by Crippen LogP contribution is -2.37. The highest BCUT2D eigenvalue weighted by Crippen LogP contribution is 2.22. The summed E-state index contributed by atoms with van der Waals surface area (Å²) in [4.78, 5) is 22.7. The second kappa shape index (κ2) is 8.23. The number of benzene rings is 1. The molecule has 6 nitrogen and oxygen atoms in total. The van der Waals surface area contributed by atoms with E-state index in [4.69, 9.17) is 9.47 Å². The molecule has 2 aromatic rings. The van der Waals surface area contributed by atoms with Gasteiger partial charge >= 0.3 is 0 Å². The molecule has 0 aliphatic carbocycles. The van der Waals surface area contributed by atoms with Crippen molar-refractivity contribution in [2.45, 2.75) is 25.9 Å². The third kappa shape index (κ3) is 3.99. The van der Waals surface area contributed by atoms with Gasteiger partial charge in [0.1, 0.15) is 0 Å². The molecule has 1 aromatic carbocycles. The normalized spacial score (nSPS) is 16.5. The molecule has 0 spiro atoms. The van der Waals surface area contributed by atoms with Crippen LogP contribution >= 0.6 is 0 Å². The topological polar surface area (TPSA) is 64.5 Å². The lowest BCUT2D eigenvalue weighted by Gasteiger charge is -2.24. The fourth-order valence-corrected chi connectivity index (χ4v) is 3.00. The number of nitrogens with zero attached hydrogens (tertiary/aromatic N) is 3. The first-order valence-corrected chi connectivity index (χ1v) is 8.70. The summed E-state index contributed by atoms with van der Waals surface area (Å²) in [6.45, 7) is 3.89. The minimum Gasteiger partial charge on any atom is -0.479 e. The Hall–Kier alpha value is -2.54. The monoisotopic (exact) mass is 359 g/mol. The summed E-state index contributed by atoms with van der Waals surface area (Å²) in [5.41, 5.74) is 1.16.